The predicted octanol–water partition coefficient (Wildman–Crippen LogP) is 2.68. The van der Waals surface area contributed by atoms with Crippen molar-refractivity contribution in [3.05, 3.63) is 35.9 Å². The van der Waals surface area contributed by atoms with Crippen LogP contribution < -0.4 is 5.32 Å². The van der Waals surface area contributed by atoms with Gasteiger partial charge in [-0.15, -0.1) is 0 Å². The van der Waals surface area contributed by atoms with E-state index in [9.17, 15) is 0 Å². The molecule has 17 heavy (non-hydrogen) atoms. The maximum atomic E-state index is 3.39. The zero-order valence-corrected chi connectivity index (χ0v) is 11.2. The van der Waals surface area contributed by atoms with E-state index in [2.05, 4.69) is 61.7 Å². The number of nitrogens with zero attached hydrogens (tertiary/aromatic N) is 1. The average molecular weight is 232 g/mol. The SMILES string of the molecule is CNCC1(C(c2ccccc2)N(C)C)CCC1. The number of nitrogens with one attached hydrogen (secondary N) is 1. The highest BCUT2D eigenvalue weighted by molar-refractivity contribution is 5.23. The van der Waals surface area contributed by atoms with Crippen LogP contribution in [0.5, 0.6) is 0 Å². The highest BCUT2D eigenvalue weighted by Crippen LogP contribution is 2.51. The predicted molar refractivity (Wildman–Crippen MR) is 73.1 cm³/mol. The van der Waals surface area contributed by atoms with Gasteiger partial charge < -0.3 is 10.2 Å². The second-order valence-corrected chi connectivity index (χ2v) is 5.52. The summed E-state index contributed by atoms with van der Waals surface area (Å²) in [5, 5.41) is 3.39. The van der Waals surface area contributed by atoms with E-state index in [-0.39, 0.29) is 0 Å². The van der Waals surface area contributed by atoms with E-state index >= 15 is 0 Å². The molecule has 2 heteroatoms. The van der Waals surface area contributed by atoms with Crippen molar-refractivity contribution in [1.82, 2.24) is 10.2 Å². The van der Waals surface area contributed by atoms with Gasteiger partial charge in [-0.05, 0) is 39.5 Å². The van der Waals surface area contributed by atoms with Crippen LogP contribution in [0.1, 0.15) is 30.9 Å². The van der Waals surface area contributed by atoms with Crippen molar-refractivity contribution in [2.45, 2.75) is 25.3 Å². The molecule has 1 N–H and O–H groups in total. The molecular weight excluding hydrogens is 208 g/mol. The Morgan fingerprint density at radius 2 is 1.88 bits per heavy atom. The third-order valence-corrected chi connectivity index (χ3v) is 4.09. The molecule has 94 valence electrons. The van der Waals surface area contributed by atoms with Crippen molar-refractivity contribution in [2.24, 2.45) is 5.41 Å². The molecule has 1 atom stereocenters. The first-order valence-corrected chi connectivity index (χ1v) is 6.55. The van der Waals surface area contributed by atoms with Crippen LogP contribution in [0.4, 0.5) is 0 Å². The molecule has 0 bridgehead atoms. The Kier molecular flexibility index (Phi) is 3.85. The molecule has 0 aliphatic heterocycles. The van der Waals surface area contributed by atoms with Crippen LogP contribution in [-0.4, -0.2) is 32.6 Å². The largest absolute Gasteiger partial charge is 0.319 e. The minimum Gasteiger partial charge on any atom is -0.319 e. The normalized spacial score (nSPS) is 20.0. The Morgan fingerprint density at radius 1 is 1.24 bits per heavy atom. The van der Waals surface area contributed by atoms with Gasteiger partial charge in [0, 0.05) is 18.0 Å². The summed E-state index contributed by atoms with van der Waals surface area (Å²) in [7, 11) is 6.47. The fourth-order valence-electron chi connectivity index (χ4n) is 3.36. The Hall–Kier alpha value is -0.860. The summed E-state index contributed by atoms with van der Waals surface area (Å²) in [6.07, 6.45) is 4.05. The molecule has 1 aliphatic rings. The number of hydrogen-bond acceptors (Lipinski definition) is 2. The van der Waals surface area contributed by atoms with Crippen LogP contribution in [0, 0.1) is 5.41 Å². The maximum Gasteiger partial charge on any atom is 0.0410 e. The third kappa shape index (κ3) is 2.38. The lowest BCUT2D eigenvalue weighted by Crippen LogP contribution is -2.48. The molecule has 0 aromatic heterocycles. The molecule has 1 fully saturated rings. The molecule has 1 aliphatic carbocycles. The monoisotopic (exact) mass is 232 g/mol. The first-order chi connectivity index (χ1) is 8.19. The summed E-state index contributed by atoms with van der Waals surface area (Å²) < 4.78 is 0. The molecule has 2 nitrogen and oxygen atoms in total. The molecule has 1 aromatic carbocycles. The van der Waals surface area contributed by atoms with E-state index in [1.165, 1.54) is 24.8 Å². The van der Waals surface area contributed by atoms with Crippen molar-refractivity contribution in [3.63, 3.8) is 0 Å². The second kappa shape index (κ2) is 5.19. The molecule has 0 spiro atoms. The van der Waals surface area contributed by atoms with Gasteiger partial charge in [0.25, 0.3) is 0 Å². The van der Waals surface area contributed by atoms with E-state index in [4.69, 9.17) is 0 Å². The van der Waals surface area contributed by atoms with E-state index in [0.29, 0.717) is 11.5 Å². The molecule has 1 unspecified atom stereocenters. The summed E-state index contributed by atoms with van der Waals surface area (Å²) in [5.74, 6) is 0. The van der Waals surface area contributed by atoms with E-state index in [1.54, 1.807) is 0 Å². The molecule has 0 radical (unpaired) electrons. The van der Waals surface area contributed by atoms with Crippen molar-refractivity contribution in [3.8, 4) is 0 Å². The van der Waals surface area contributed by atoms with Gasteiger partial charge in [0.15, 0.2) is 0 Å². The molecule has 0 saturated heterocycles. The van der Waals surface area contributed by atoms with Crippen LogP contribution in [0.2, 0.25) is 0 Å². The van der Waals surface area contributed by atoms with E-state index in [0.717, 1.165) is 6.54 Å². The fourth-order valence-corrected chi connectivity index (χ4v) is 3.36. The lowest BCUT2D eigenvalue weighted by Gasteiger charge is -2.50. The summed E-state index contributed by atoms with van der Waals surface area (Å²) in [6.45, 7) is 1.12. The summed E-state index contributed by atoms with van der Waals surface area (Å²) in [6, 6.07) is 11.5. The van der Waals surface area contributed by atoms with Gasteiger partial charge in [-0.3, -0.25) is 0 Å². The van der Waals surface area contributed by atoms with Crippen LogP contribution in [0.3, 0.4) is 0 Å². The highest BCUT2D eigenvalue weighted by atomic mass is 15.1. The smallest absolute Gasteiger partial charge is 0.0410 e. The molecule has 1 aromatic rings. The average Bonchev–Trinajstić information content (AvgIpc) is 2.27. The maximum absolute atomic E-state index is 3.39. The molecule has 0 heterocycles. The number of hydrogen-bond donors (Lipinski definition) is 1. The Balaban J connectivity index is 2.29. The van der Waals surface area contributed by atoms with Crippen LogP contribution in [0.15, 0.2) is 30.3 Å². The van der Waals surface area contributed by atoms with Gasteiger partial charge in [-0.25, -0.2) is 0 Å². The van der Waals surface area contributed by atoms with Gasteiger partial charge in [0.2, 0.25) is 0 Å². The van der Waals surface area contributed by atoms with Gasteiger partial charge in [-0.2, -0.15) is 0 Å². The van der Waals surface area contributed by atoms with Gasteiger partial charge in [0.1, 0.15) is 0 Å². The molecule has 2 rings (SSSR count). The Labute approximate surface area is 105 Å². The summed E-state index contributed by atoms with van der Waals surface area (Å²) in [4.78, 5) is 2.38. The second-order valence-electron chi connectivity index (χ2n) is 5.52. The minimum absolute atomic E-state index is 0.430. The number of benzene rings is 1. The van der Waals surface area contributed by atoms with Crippen LogP contribution in [0.25, 0.3) is 0 Å². The fraction of sp³-hybridized carbons (Fsp3) is 0.600. The first-order valence-electron chi connectivity index (χ1n) is 6.55. The van der Waals surface area contributed by atoms with E-state index in [1.807, 2.05) is 0 Å². The van der Waals surface area contributed by atoms with Gasteiger partial charge in [0.05, 0.1) is 0 Å². The summed E-state index contributed by atoms with van der Waals surface area (Å²) in [5.41, 5.74) is 1.88. The zero-order chi connectivity index (χ0) is 12.3. The first kappa shape index (κ1) is 12.6. The van der Waals surface area contributed by atoms with Crippen molar-refractivity contribution in [1.29, 1.82) is 0 Å². The molecule has 1 saturated carbocycles. The standard InChI is InChI=1S/C15H24N2/c1-16-12-15(10-7-11-15)14(17(2)3)13-8-5-4-6-9-13/h4-6,8-9,14,16H,7,10-12H2,1-3H3. The summed E-state index contributed by atoms with van der Waals surface area (Å²) >= 11 is 0. The zero-order valence-electron chi connectivity index (χ0n) is 11.2. The lowest BCUT2D eigenvalue weighted by molar-refractivity contribution is 0.0216. The van der Waals surface area contributed by atoms with Crippen LogP contribution >= 0.6 is 0 Å². The van der Waals surface area contributed by atoms with Gasteiger partial charge >= 0.3 is 0 Å². The van der Waals surface area contributed by atoms with Crippen molar-refractivity contribution >= 4 is 0 Å². The van der Waals surface area contributed by atoms with Crippen molar-refractivity contribution < 1.29 is 0 Å². The van der Waals surface area contributed by atoms with Crippen molar-refractivity contribution in [2.75, 3.05) is 27.7 Å². The number of rotatable bonds is 5. The quantitative estimate of drug-likeness (QED) is 0.839. The van der Waals surface area contributed by atoms with Gasteiger partial charge in [-0.1, -0.05) is 36.8 Å². The molecule has 0 amide bonds. The Bertz CT molecular complexity index is 341. The molecular formula is C15H24N2. The highest BCUT2D eigenvalue weighted by Gasteiger charge is 2.45. The minimum atomic E-state index is 0.430. The lowest BCUT2D eigenvalue weighted by atomic mass is 9.62. The topological polar surface area (TPSA) is 15.3 Å². The Morgan fingerprint density at radius 3 is 2.29 bits per heavy atom. The van der Waals surface area contributed by atoms with Crippen LogP contribution in [-0.2, 0) is 0 Å². The third-order valence-electron chi connectivity index (χ3n) is 4.09. The van der Waals surface area contributed by atoms with E-state index < -0.39 is 0 Å².